The summed E-state index contributed by atoms with van der Waals surface area (Å²) in [7, 11) is 2.24. The molecule has 2 rings (SSSR count). The van der Waals surface area contributed by atoms with Crippen LogP contribution < -0.4 is 5.32 Å². The molecule has 2 atom stereocenters. The van der Waals surface area contributed by atoms with Crippen molar-refractivity contribution in [3.05, 3.63) is 0 Å². The predicted molar refractivity (Wildman–Crippen MR) is 69.6 cm³/mol. The molecule has 2 aliphatic rings. The van der Waals surface area contributed by atoms with E-state index in [-0.39, 0.29) is 0 Å². The Morgan fingerprint density at radius 1 is 0.938 bits per heavy atom. The summed E-state index contributed by atoms with van der Waals surface area (Å²) in [6.45, 7) is 7.41. The fourth-order valence-electron chi connectivity index (χ4n) is 3.46. The lowest BCUT2D eigenvalue weighted by Crippen LogP contribution is -2.50. The fraction of sp³-hybridized carbons (Fsp3) is 1.00. The maximum atomic E-state index is 3.95. The number of hydrogen-bond donors (Lipinski definition) is 1. The second-order valence-electron chi connectivity index (χ2n) is 6.16. The minimum atomic E-state index is 0.780. The van der Waals surface area contributed by atoms with Gasteiger partial charge in [0.2, 0.25) is 0 Å². The Morgan fingerprint density at radius 3 is 2.06 bits per heavy atom. The Balaban J connectivity index is 1.83. The van der Waals surface area contributed by atoms with Gasteiger partial charge in [-0.15, -0.1) is 0 Å². The standard InChI is InChI=1S/C14H28N2/c1-11-5-4-6-12(2)14(11)15-13-7-9-16(3)10-8-13/h11-15H,4-10H2,1-3H3. The van der Waals surface area contributed by atoms with Crippen molar-refractivity contribution in [1.29, 1.82) is 0 Å². The van der Waals surface area contributed by atoms with Gasteiger partial charge in [0.1, 0.15) is 0 Å². The predicted octanol–water partition coefficient (Wildman–Crippen LogP) is 2.49. The lowest BCUT2D eigenvalue weighted by atomic mass is 9.78. The third-order valence-electron chi connectivity index (χ3n) is 4.69. The smallest absolute Gasteiger partial charge is 0.0121 e. The van der Waals surface area contributed by atoms with Crippen LogP contribution in [0.5, 0.6) is 0 Å². The normalized spacial score (nSPS) is 38.8. The van der Waals surface area contributed by atoms with E-state index < -0.39 is 0 Å². The number of nitrogens with zero attached hydrogens (tertiary/aromatic N) is 1. The van der Waals surface area contributed by atoms with Gasteiger partial charge in [-0.05, 0) is 57.7 Å². The van der Waals surface area contributed by atoms with Crippen molar-refractivity contribution in [3.8, 4) is 0 Å². The van der Waals surface area contributed by atoms with Crippen LogP contribution in [0.15, 0.2) is 0 Å². The summed E-state index contributed by atoms with van der Waals surface area (Å²) < 4.78 is 0. The Hall–Kier alpha value is -0.0800. The Kier molecular flexibility index (Phi) is 4.26. The van der Waals surface area contributed by atoms with Crippen LogP contribution in [0.4, 0.5) is 0 Å². The van der Waals surface area contributed by atoms with Crippen molar-refractivity contribution >= 4 is 0 Å². The summed E-state index contributed by atoms with van der Waals surface area (Å²) in [4.78, 5) is 2.45. The van der Waals surface area contributed by atoms with Crippen molar-refractivity contribution in [2.45, 2.75) is 58.0 Å². The molecular formula is C14H28N2. The highest BCUT2D eigenvalue weighted by Gasteiger charge is 2.30. The highest BCUT2D eigenvalue weighted by Crippen LogP contribution is 2.29. The molecule has 2 fully saturated rings. The first-order valence-corrected chi connectivity index (χ1v) is 7.11. The molecular weight excluding hydrogens is 196 g/mol. The summed E-state index contributed by atoms with van der Waals surface area (Å²) in [5.41, 5.74) is 0. The molecule has 2 nitrogen and oxygen atoms in total. The molecule has 0 aromatic carbocycles. The monoisotopic (exact) mass is 224 g/mol. The lowest BCUT2D eigenvalue weighted by molar-refractivity contribution is 0.159. The van der Waals surface area contributed by atoms with E-state index in [0.29, 0.717) is 0 Å². The van der Waals surface area contributed by atoms with E-state index in [1.807, 2.05) is 0 Å². The van der Waals surface area contributed by atoms with E-state index in [2.05, 4.69) is 31.1 Å². The van der Waals surface area contributed by atoms with Crippen molar-refractivity contribution in [1.82, 2.24) is 10.2 Å². The summed E-state index contributed by atoms with van der Waals surface area (Å²) in [6.07, 6.45) is 6.97. The van der Waals surface area contributed by atoms with Crippen LogP contribution in [0.2, 0.25) is 0 Å². The molecule has 2 unspecified atom stereocenters. The van der Waals surface area contributed by atoms with Crippen LogP contribution in [0.3, 0.4) is 0 Å². The highest BCUT2D eigenvalue weighted by molar-refractivity contribution is 4.87. The SMILES string of the molecule is CC1CCCC(C)C1NC1CCN(C)CC1. The highest BCUT2D eigenvalue weighted by atomic mass is 15.1. The second-order valence-corrected chi connectivity index (χ2v) is 6.16. The summed E-state index contributed by atoms with van der Waals surface area (Å²) >= 11 is 0. The second kappa shape index (κ2) is 5.50. The van der Waals surface area contributed by atoms with Gasteiger partial charge in [0.15, 0.2) is 0 Å². The molecule has 0 amide bonds. The van der Waals surface area contributed by atoms with Gasteiger partial charge in [0, 0.05) is 12.1 Å². The van der Waals surface area contributed by atoms with Crippen LogP contribution in [-0.4, -0.2) is 37.1 Å². The number of hydrogen-bond acceptors (Lipinski definition) is 2. The molecule has 1 heterocycles. The summed E-state index contributed by atoms with van der Waals surface area (Å²) in [6, 6.07) is 1.56. The number of rotatable bonds is 2. The number of piperidine rings is 1. The Bertz CT molecular complexity index is 199. The summed E-state index contributed by atoms with van der Waals surface area (Å²) in [5.74, 6) is 1.76. The van der Waals surface area contributed by atoms with Crippen LogP contribution >= 0.6 is 0 Å². The van der Waals surface area contributed by atoms with E-state index in [9.17, 15) is 0 Å². The van der Waals surface area contributed by atoms with Crippen molar-refractivity contribution in [3.63, 3.8) is 0 Å². The fourth-order valence-corrected chi connectivity index (χ4v) is 3.46. The van der Waals surface area contributed by atoms with E-state index >= 15 is 0 Å². The van der Waals surface area contributed by atoms with Gasteiger partial charge in [-0.1, -0.05) is 20.3 Å². The zero-order valence-electron chi connectivity index (χ0n) is 11.2. The van der Waals surface area contributed by atoms with Crippen molar-refractivity contribution in [2.24, 2.45) is 11.8 Å². The van der Waals surface area contributed by atoms with Crippen LogP contribution in [0, 0.1) is 11.8 Å². The Morgan fingerprint density at radius 2 is 1.50 bits per heavy atom. The maximum Gasteiger partial charge on any atom is 0.0121 e. The first-order valence-electron chi connectivity index (χ1n) is 7.11. The van der Waals surface area contributed by atoms with Crippen LogP contribution in [0.25, 0.3) is 0 Å². The molecule has 1 saturated heterocycles. The van der Waals surface area contributed by atoms with Crippen molar-refractivity contribution < 1.29 is 0 Å². The number of nitrogens with one attached hydrogen (secondary N) is 1. The number of likely N-dealkylation sites (tertiary alicyclic amines) is 1. The first kappa shape index (κ1) is 12.4. The molecule has 0 radical (unpaired) electrons. The molecule has 0 aromatic heterocycles. The van der Waals surface area contributed by atoms with E-state index in [4.69, 9.17) is 0 Å². The first-order chi connectivity index (χ1) is 7.66. The molecule has 16 heavy (non-hydrogen) atoms. The summed E-state index contributed by atoms with van der Waals surface area (Å²) in [5, 5.41) is 3.95. The quantitative estimate of drug-likeness (QED) is 0.775. The minimum Gasteiger partial charge on any atom is -0.311 e. The third-order valence-corrected chi connectivity index (χ3v) is 4.69. The molecule has 2 heteroatoms. The van der Waals surface area contributed by atoms with Crippen molar-refractivity contribution in [2.75, 3.05) is 20.1 Å². The van der Waals surface area contributed by atoms with E-state index in [0.717, 1.165) is 23.9 Å². The molecule has 1 aliphatic heterocycles. The molecule has 0 aromatic rings. The van der Waals surface area contributed by atoms with Crippen LogP contribution in [0.1, 0.15) is 46.0 Å². The maximum absolute atomic E-state index is 3.95. The van der Waals surface area contributed by atoms with E-state index in [1.165, 1.54) is 45.2 Å². The molecule has 1 saturated carbocycles. The average molecular weight is 224 g/mol. The Labute approximate surface area is 101 Å². The lowest BCUT2D eigenvalue weighted by Gasteiger charge is -2.40. The van der Waals surface area contributed by atoms with Gasteiger partial charge in [0.25, 0.3) is 0 Å². The van der Waals surface area contributed by atoms with Gasteiger partial charge in [-0.2, -0.15) is 0 Å². The van der Waals surface area contributed by atoms with E-state index in [1.54, 1.807) is 0 Å². The minimum absolute atomic E-state index is 0.780. The third kappa shape index (κ3) is 2.98. The zero-order chi connectivity index (χ0) is 11.5. The van der Waals surface area contributed by atoms with Gasteiger partial charge in [-0.25, -0.2) is 0 Å². The van der Waals surface area contributed by atoms with Gasteiger partial charge in [-0.3, -0.25) is 0 Å². The molecule has 94 valence electrons. The topological polar surface area (TPSA) is 15.3 Å². The molecule has 1 aliphatic carbocycles. The van der Waals surface area contributed by atoms with Gasteiger partial charge >= 0.3 is 0 Å². The largest absolute Gasteiger partial charge is 0.311 e. The van der Waals surface area contributed by atoms with Gasteiger partial charge in [0.05, 0.1) is 0 Å². The molecule has 1 N–H and O–H groups in total. The van der Waals surface area contributed by atoms with Gasteiger partial charge < -0.3 is 10.2 Å². The molecule has 0 spiro atoms. The molecule has 0 bridgehead atoms. The average Bonchev–Trinajstić information content (AvgIpc) is 2.26. The zero-order valence-corrected chi connectivity index (χ0v) is 11.2. The van der Waals surface area contributed by atoms with Crippen LogP contribution in [-0.2, 0) is 0 Å².